The number of nitriles is 1. The molecular formula is C21H17Cl2N3OS. The zero-order valence-corrected chi connectivity index (χ0v) is 17.5. The zero-order valence-electron chi connectivity index (χ0n) is 15.2. The molecule has 2 aromatic rings. The third-order valence-corrected chi connectivity index (χ3v) is 7.06. The van der Waals surface area contributed by atoms with Crippen molar-refractivity contribution < 1.29 is 4.79 Å². The van der Waals surface area contributed by atoms with Crippen LogP contribution in [0.5, 0.6) is 0 Å². The van der Waals surface area contributed by atoms with Crippen molar-refractivity contribution >= 4 is 46.6 Å². The number of amides is 1. The van der Waals surface area contributed by atoms with Crippen molar-refractivity contribution in [3.05, 3.63) is 74.2 Å². The zero-order chi connectivity index (χ0) is 19.8. The van der Waals surface area contributed by atoms with Gasteiger partial charge >= 0.3 is 0 Å². The standard InChI is InChI=1S/C21H17Cl2N3OS/c1-13-17(22)7-4-8-19(13)25-11-26-20(27)9-15(14-5-2-3-6-18(14)23)16(10-24)21(26)28-12-25/h2-8,15H,9,11-12H2,1H3. The summed E-state index contributed by atoms with van der Waals surface area (Å²) in [4.78, 5) is 16.8. The summed E-state index contributed by atoms with van der Waals surface area (Å²) in [6, 6.07) is 15.5. The fourth-order valence-corrected chi connectivity index (χ4v) is 5.27. The Morgan fingerprint density at radius 1 is 1.14 bits per heavy atom. The van der Waals surface area contributed by atoms with E-state index in [1.165, 1.54) is 11.8 Å². The lowest BCUT2D eigenvalue weighted by molar-refractivity contribution is -0.129. The van der Waals surface area contributed by atoms with Crippen molar-refractivity contribution in [2.24, 2.45) is 0 Å². The molecule has 0 bridgehead atoms. The van der Waals surface area contributed by atoms with Gasteiger partial charge in [0.05, 0.1) is 29.2 Å². The summed E-state index contributed by atoms with van der Waals surface area (Å²) in [5, 5.41) is 11.9. The maximum Gasteiger partial charge on any atom is 0.229 e. The highest BCUT2D eigenvalue weighted by atomic mass is 35.5. The molecule has 2 aliphatic rings. The highest BCUT2D eigenvalue weighted by molar-refractivity contribution is 8.03. The fourth-order valence-electron chi connectivity index (χ4n) is 3.68. The lowest BCUT2D eigenvalue weighted by Crippen LogP contribution is -2.47. The van der Waals surface area contributed by atoms with Gasteiger partial charge in [-0.15, -0.1) is 0 Å². The Kier molecular flexibility index (Phi) is 5.29. The molecule has 4 rings (SSSR count). The molecule has 0 N–H and O–H groups in total. The van der Waals surface area contributed by atoms with Crippen LogP contribution in [-0.4, -0.2) is 23.4 Å². The number of hydrogen-bond donors (Lipinski definition) is 0. The van der Waals surface area contributed by atoms with Crippen LogP contribution < -0.4 is 4.90 Å². The minimum Gasteiger partial charge on any atom is -0.343 e. The Labute approximate surface area is 178 Å². The van der Waals surface area contributed by atoms with Crippen molar-refractivity contribution in [3.63, 3.8) is 0 Å². The van der Waals surface area contributed by atoms with Crippen LogP contribution in [0.4, 0.5) is 5.69 Å². The molecule has 2 aliphatic heterocycles. The van der Waals surface area contributed by atoms with Crippen molar-refractivity contribution in [3.8, 4) is 6.07 Å². The first kappa shape index (κ1) is 19.2. The second-order valence-electron chi connectivity index (χ2n) is 6.77. The van der Waals surface area contributed by atoms with Crippen LogP contribution in [0.1, 0.15) is 23.5 Å². The maximum atomic E-state index is 13.0. The largest absolute Gasteiger partial charge is 0.343 e. The number of halogens is 2. The quantitative estimate of drug-likeness (QED) is 0.630. The van der Waals surface area contributed by atoms with Crippen LogP contribution in [-0.2, 0) is 4.79 Å². The van der Waals surface area contributed by atoms with Gasteiger partial charge in [-0.2, -0.15) is 5.26 Å². The van der Waals surface area contributed by atoms with Crippen LogP contribution >= 0.6 is 35.0 Å². The molecule has 0 aliphatic carbocycles. The van der Waals surface area contributed by atoms with Gasteiger partial charge in [-0.25, -0.2) is 0 Å². The average Bonchev–Trinajstić information content (AvgIpc) is 2.70. The molecule has 2 aromatic carbocycles. The van der Waals surface area contributed by atoms with Gasteiger partial charge in [-0.1, -0.05) is 59.2 Å². The third kappa shape index (κ3) is 3.26. The molecule has 28 heavy (non-hydrogen) atoms. The van der Waals surface area contributed by atoms with E-state index in [9.17, 15) is 10.1 Å². The first-order chi connectivity index (χ1) is 13.5. The van der Waals surface area contributed by atoms with Gasteiger partial charge in [0.1, 0.15) is 0 Å². The molecule has 0 saturated carbocycles. The molecule has 1 atom stereocenters. The van der Waals surface area contributed by atoms with Crippen molar-refractivity contribution in [2.75, 3.05) is 17.4 Å². The fraction of sp³-hybridized carbons (Fsp3) is 0.238. The van der Waals surface area contributed by atoms with Crippen LogP contribution in [0.15, 0.2) is 53.1 Å². The van der Waals surface area contributed by atoms with Gasteiger partial charge in [0.25, 0.3) is 0 Å². The summed E-state index contributed by atoms with van der Waals surface area (Å²) in [6.45, 7) is 2.38. The molecule has 2 heterocycles. The van der Waals surface area contributed by atoms with E-state index < -0.39 is 0 Å². The van der Waals surface area contributed by atoms with E-state index in [0.717, 1.165) is 21.8 Å². The Balaban J connectivity index is 1.70. The van der Waals surface area contributed by atoms with Gasteiger partial charge < -0.3 is 4.90 Å². The predicted octanol–water partition coefficient (Wildman–Crippen LogP) is 5.52. The summed E-state index contributed by atoms with van der Waals surface area (Å²) in [5.74, 6) is 0.334. The molecular weight excluding hydrogens is 413 g/mol. The highest BCUT2D eigenvalue weighted by Crippen LogP contribution is 2.45. The summed E-state index contributed by atoms with van der Waals surface area (Å²) in [7, 11) is 0. The number of carbonyl (C=O) groups is 1. The van der Waals surface area contributed by atoms with E-state index in [1.807, 2.05) is 43.3 Å². The minimum atomic E-state index is -0.301. The predicted molar refractivity (Wildman–Crippen MR) is 114 cm³/mol. The number of benzene rings is 2. The van der Waals surface area contributed by atoms with Crippen LogP contribution in [0.2, 0.25) is 10.0 Å². The molecule has 0 spiro atoms. The van der Waals surface area contributed by atoms with Crippen molar-refractivity contribution in [2.45, 2.75) is 19.3 Å². The summed E-state index contributed by atoms with van der Waals surface area (Å²) >= 11 is 14.1. The molecule has 0 aromatic heterocycles. The molecule has 1 fully saturated rings. The summed E-state index contributed by atoms with van der Waals surface area (Å²) in [5.41, 5.74) is 3.42. The van der Waals surface area contributed by atoms with E-state index in [0.29, 0.717) is 28.2 Å². The Hall–Kier alpha value is -2.13. The van der Waals surface area contributed by atoms with Gasteiger partial charge in [-0.3, -0.25) is 9.69 Å². The Bertz CT molecular complexity index is 1030. The highest BCUT2D eigenvalue weighted by Gasteiger charge is 2.39. The number of anilines is 1. The normalized spacial score (nSPS) is 19.5. The van der Waals surface area contributed by atoms with E-state index in [-0.39, 0.29) is 18.2 Å². The monoisotopic (exact) mass is 429 g/mol. The first-order valence-corrected chi connectivity index (χ1v) is 10.6. The number of thioether (sulfide) groups is 1. The van der Waals surface area contributed by atoms with E-state index >= 15 is 0 Å². The minimum absolute atomic E-state index is 0.00389. The lowest BCUT2D eigenvalue weighted by Gasteiger charge is -2.42. The van der Waals surface area contributed by atoms with Crippen molar-refractivity contribution in [1.82, 2.24) is 4.90 Å². The molecule has 1 amide bonds. The molecule has 7 heteroatoms. The summed E-state index contributed by atoms with van der Waals surface area (Å²) in [6.07, 6.45) is 0.235. The third-order valence-electron chi connectivity index (χ3n) is 5.15. The lowest BCUT2D eigenvalue weighted by atomic mass is 9.86. The molecule has 4 nitrogen and oxygen atoms in total. The summed E-state index contributed by atoms with van der Waals surface area (Å²) < 4.78 is 0. The van der Waals surface area contributed by atoms with Gasteiger partial charge in [0.2, 0.25) is 5.91 Å². The molecule has 1 unspecified atom stereocenters. The van der Waals surface area contributed by atoms with Crippen LogP contribution in [0, 0.1) is 18.3 Å². The first-order valence-electron chi connectivity index (χ1n) is 8.83. The smallest absolute Gasteiger partial charge is 0.229 e. The van der Waals surface area contributed by atoms with Crippen LogP contribution in [0.3, 0.4) is 0 Å². The SMILES string of the molecule is Cc1c(Cl)cccc1N1CSC2=C(C#N)C(c3ccccc3Cl)CC(=O)N2C1. The second kappa shape index (κ2) is 7.71. The Morgan fingerprint density at radius 2 is 1.89 bits per heavy atom. The van der Waals surface area contributed by atoms with Gasteiger partial charge in [0.15, 0.2) is 0 Å². The molecule has 142 valence electrons. The number of allylic oxidation sites excluding steroid dienone is 1. The van der Waals surface area contributed by atoms with E-state index in [4.69, 9.17) is 23.2 Å². The average molecular weight is 430 g/mol. The number of rotatable bonds is 2. The second-order valence-corrected chi connectivity index (χ2v) is 8.52. The van der Waals surface area contributed by atoms with E-state index in [1.54, 1.807) is 11.0 Å². The topological polar surface area (TPSA) is 47.3 Å². The van der Waals surface area contributed by atoms with E-state index in [2.05, 4.69) is 11.0 Å². The number of nitrogens with zero attached hydrogens (tertiary/aromatic N) is 3. The molecule has 1 saturated heterocycles. The van der Waals surface area contributed by atoms with Gasteiger partial charge in [-0.05, 0) is 36.2 Å². The number of fused-ring (bicyclic) bond motifs is 1. The number of carbonyl (C=O) groups excluding carboxylic acids is 1. The Morgan fingerprint density at radius 3 is 2.64 bits per heavy atom. The molecule has 0 radical (unpaired) electrons. The van der Waals surface area contributed by atoms with Crippen molar-refractivity contribution in [1.29, 1.82) is 5.26 Å². The van der Waals surface area contributed by atoms with Gasteiger partial charge in [0, 0.05) is 28.1 Å². The number of hydrogen-bond acceptors (Lipinski definition) is 4. The maximum absolute atomic E-state index is 13.0. The van der Waals surface area contributed by atoms with Crippen LogP contribution in [0.25, 0.3) is 0 Å².